The number of fused-ring (bicyclic) bond motifs is 1. The molecule has 28 heavy (non-hydrogen) atoms. The van der Waals surface area contributed by atoms with Gasteiger partial charge in [-0.2, -0.15) is 0 Å². The molecular weight excluding hydrogens is 350 g/mol. The van der Waals surface area contributed by atoms with Crippen molar-refractivity contribution in [1.29, 1.82) is 5.41 Å². The Balaban J connectivity index is 0.000000211. The van der Waals surface area contributed by atoms with Crippen molar-refractivity contribution in [2.45, 2.75) is 6.92 Å². The second-order valence-corrected chi connectivity index (χ2v) is 6.32. The normalized spacial score (nSPS) is 10.2. The van der Waals surface area contributed by atoms with Gasteiger partial charge in [-0.15, -0.1) is 0 Å². The van der Waals surface area contributed by atoms with Gasteiger partial charge in [0, 0.05) is 34.2 Å². The molecule has 0 aliphatic rings. The largest absolute Gasteiger partial charge is 0.478 e. The molecule has 4 N–H and O–H groups in total. The second-order valence-electron chi connectivity index (χ2n) is 6.32. The number of nitrogens with two attached hydrogens (primary N) is 1. The van der Waals surface area contributed by atoms with Crippen molar-refractivity contribution >= 4 is 28.3 Å². The molecule has 0 saturated heterocycles. The van der Waals surface area contributed by atoms with E-state index in [1.807, 2.05) is 49.5 Å². The molecule has 0 aliphatic heterocycles. The summed E-state index contributed by atoms with van der Waals surface area (Å²) in [5, 5.41) is 17.4. The van der Waals surface area contributed by atoms with Crippen LogP contribution in [0.25, 0.3) is 16.6 Å². The van der Waals surface area contributed by atoms with E-state index in [1.54, 1.807) is 30.3 Å². The zero-order chi connectivity index (χ0) is 20.1. The summed E-state index contributed by atoms with van der Waals surface area (Å²) in [4.78, 5) is 10.2. The fraction of sp³-hybridized carbons (Fsp3) is 0.0435. The predicted molar refractivity (Wildman–Crippen MR) is 114 cm³/mol. The van der Waals surface area contributed by atoms with E-state index in [4.69, 9.17) is 16.2 Å². The molecule has 0 radical (unpaired) electrons. The number of nitrogens with zero attached hydrogens (tertiary/aromatic N) is 1. The van der Waals surface area contributed by atoms with Gasteiger partial charge in [0.1, 0.15) is 0 Å². The van der Waals surface area contributed by atoms with Crippen LogP contribution in [-0.2, 0) is 0 Å². The third-order valence-corrected chi connectivity index (χ3v) is 4.31. The molecular formula is C23H21N3O2. The average molecular weight is 371 g/mol. The van der Waals surface area contributed by atoms with Crippen LogP contribution in [0.2, 0.25) is 0 Å². The summed E-state index contributed by atoms with van der Waals surface area (Å²) < 4.78 is 2.10. The fourth-order valence-corrected chi connectivity index (χ4v) is 2.91. The number of carbonyl (C=O) groups is 1. The van der Waals surface area contributed by atoms with Crippen LogP contribution in [0.4, 0.5) is 5.69 Å². The van der Waals surface area contributed by atoms with Crippen molar-refractivity contribution in [2.75, 3.05) is 5.73 Å². The van der Waals surface area contributed by atoms with E-state index >= 15 is 0 Å². The Labute approximate surface area is 163 Å². The lowest BCUT2D eigenvalue weighted by molar-refractivity contribution is 0.0697. The molecule has 5 heteroatoms. The highest BCUT2D eigenvalue weighted by atomic mass is 16.4. The summed E-state index contributed by atoms with van der Waals surface area (Å²) in [6.45, 7) is 1.81. The lowest BCUT2D eigenvalue weighted by atomic mass is 10.1. The van der Waals surface area contributed by atoms with Crippen LogP contribution in [0.5, 0.6) is 0 Å². The number of rotatable bonds is 3. The molecule has 0 saturated carbocycles. The molecule has 140 valence electrons. The minimum atomic E-state index is -0.879. The minimum Gasteiger partial charge on any atom is -0.478 e. The fourth-order valence-electron chi connectivity index (χ4n) is 2.91. The lowest BCUT2D eigenvalue weighted by Crippen LogP contribution is -1.93. The molecule has 1 aromatic heterocycles. The van der Waals surface area contributed by atoms with Crippen molar-refractivity contribution in [3.8, 4) is 5.69 Å². The molecule has 3 aromatic carbocycles. The van der Waals surface area contributed by atoms with E-state index in [0.717, 1.165) is 27.8 Å². The van der Waals surface area contributed by atoms with Crippen molar-refractivity contribution in [1.82, 2.24) is 4.57 Å². The molecule has 0 unspecified atom stereocenters. The first-order valence-corrected chi connectivity index (χ1v) is 8.77. The number of aromatic carboxylic acids is 1. The molecule has 5 nitrogen and oxygen atoms in total. The first-order chi connectivity index (χ1) is 13.5. The molecule has 0 bridgehead atoms. The molecule has 0 amide bonds. The zero-order valence-electron chi connectivity index (χ0n) is 15.5. The average Bonchev–Trinajstić information content (AvgIpc) is 3.10. The molecule has 4 aromatic rings. The van der Waals surface area contributed by atoms with Crippen LogP contribution >= 0.6 is 0 Å². The van der Waals surface area contributed by atoms with Crippen LogP contribution in [0.3, 0.4) is 0 Å². The topological polar surface area (TPSA) is 92.1 Å². The quantitative estimate of drug-likeness (QED) is 0.350. The standard InChI is InChI=1S/C16H15N3.C7H6O2/c1-11(17)15-10-19(13-8-6-12(18)7-9-13)16-5-3-2-4-14(15)16;8-7(9)6-4-2-1-3-5-6/h2-10,17H,18H2,1H3;1-5H,(H,8,9). The number of hydrogen-bond acceptors (Lipinski definition) is 3. The molecule has 0 atom stereocenters. The lowest BCUT2D eigenvalue weighted by Gasteiger charge is -2.05. The maximum absolute atomic E-state index is 10.2. The maximum atomic E-state index is 10.2. The summed E-state index contributed by atoms with van der Waals surface area (Å²) in [5.74, 6) is -0.879. The number of benzene rings is 3. The van der Waals surface area contributed by atoms with Crippen LogP contribution < -0.4 is 5.73 Å². The van der Waals surface area contributed by atoms with Gasteiger partial charge in [-0.05, 0) is 49.4 Å². The van der Waals surface area contributed by atoms with Gasteiger partial charge in [0.25, 0.3) is 0 Å². The highest BCUT2D eigenvalue weighted by Gasteiger charge is 2.10. The number of anilines is 1. The van der Waals surface area contributed by atoms with Gasteiger partial charge in [0.15, 0.2) is 0 Å². The summed E-state index contributed by atoms with van der Waals surface area (Å²) in [6.07, 6.45) is 2.01. The van der Waals surface area contributed by atoms with Crippen LogP contribution in [0, 0.1) is 5.41 Å². The number of carboxylic acids is 1. The minimum absolute atomic E-state index is 0.331. The van der Waals surface area contributed by atoms with E-state index in [-0.39, 0.29) is 0 Å². The van der Waals surface area contributed by atoms with E-state index in [2.05, 4.69) is 16.7 Å². The Morgan fingerprint density at radius 3 is 2.11 bits per heavy atom. The van der Waals surface area contributed by atoms with E-state index < -0.39 is 5.97 Å². The SMILES string of the molecule is CC(=N)c1cn(-c2ccc(N)cc2)c2ccccc12.O=C(O)c1ccccc1. The number of hydrogen-bond donors (Lipinski definition) is 3. The molecule has 4 rings (SSSR count). The molecule has 0 fully saturated rings. The highest BCUT2D eigenvalue weighted by molar-refractivity contribution is 6.08. The maximum Gasteiger partial charge on any atom is 0.335 e. The van der Waals surface area contributed by atoms with Crippen molar-refractivity contribution in [2.24, 2.45) is 0 Å². The molecule has 0 aliphatic carbocycles. The molecule has 1 heterocycles. The van der Waals surface area contributed by atoms with Crippen LogP contribution in [-0.4, -0.2) is 21.4 Å². The van der Waals surface area contributed by atoms with Crippen LogP contribution in [0.1, 0.15) is 22.8 Å². The Bertz CT molecular complexity index is 1110. The predicted octanol–water partition coefficient (Wildman–Crippen LogP) is 4.99. The smallest absolute Gasteiger partial charge is 0.335 e. The first kappa shape index (κ1) is 18.9. The highest BCUT2D eigenvalue weighted by Crippen LogP contribution is 2.25. The van der Waals surface area contributed by atoms with E-state index in [1.165, 1.54) is 0 Å². The van der Waals surface area contributed by atoms with E-state index in [9.17, 15) is 4.79 Å². The summed E-state index contributed by atoms with van der Waals surface area (Å²) in [7, 11) is 0. The van der Waals surface area contributed by atoms with Crippen molar-refractivity contribution in [3.63, 3.8) is 0 Å². The number of para-hydroxylation sites is 1. The third kappa shape index (κ3) is 4.10. The summed E-state index contributed by atoms with van der Waals surface area (Å²) >= 11 is 0. The Hall–Kier alpha value is -3.86. The van der Waals surface area contributed by atoms with Gasteiger partial charge in [0.05, 0.1) is 11.1 Å². The van der Waals surface area contributed by atoms with E-state index in [0.29, 0.717) is 11.3 Å². The third-order valence-electron chi connectivity index (χ3n) is 4.31. The number of nitrogen functional groups attached to an aromatic ring is 1. The van der Waals surface area contributed by atoms with Gasteiger partial charge in [0.2, 0.25) is 0 Å². The van der Waals surface area contributed by atoms with Gasteiger partial charge < -0.3 is 20.8 Å². The van der Waals surface area contributed by atoms with Gasteiger partial charge in [-0.3, -0.25) is 0 Å². The zero-order valence-corrected chi connectivity index (χ0v) is 15.5. The Morgan fingerprint density at radius 1 is 0.929 bits per heavy atom. The Morgan fingerprint density at radius 2 is 1.54 bits per heavy atom. The van der Waals surface area contributed by atoms with Gasteiger partial charge >= 0.3 is 5.97 Å². The summed E-state index contributed by atoms with van der Waals surface area (Å²) in [6, 6.07) is 24.2. The van der Waals surface area contributed by atoms with Gasteiger partial charge in [-0.25, -0.2) is 4.79 Å². The number of aromatic nitrogens is 1. The number of nitrogens with one attached hydrogen (secondary N) is 1. The van der Waals surface area contributed by atoms with Crippen molar-refractivity contribution in [3.05, 3.63) is 96.2 Å². The monoisotopic (exact) mass is 371 g/mol. The molecule has 0 spiro atoms. The number of carboxylic acid groups (broad SMARTS) is 1. The Kier molecular flexibility index (Phi) is 5.56. The second kappa shape index (κ2) is 8.22. The van der Waals surface area contributed by atoms with Crippen molar-refractivity contribution < 1.29 is 9.90 Å². The first-order valence-electron chi connectivity index (χ1n) is 8.77. The van der Waals surface area contributed by atoms with Crippen LogP contribution in [0.15, 0.2) is 85.1 Å². The summed E-state index contributed by atoms with van der Waals surface area (Å²) in [5.41, 5.74) is 10.5. The van der Waals surface area contributed by atoms with Gasteiger partial charge in [-0.1, -0.05) is 36.4 Å².